The predicted octanol–water partition coefficient (Wildman–Crippen LogP) is 4.18. The maximum absolute atomic E-state index is 12.7. The fourth-order valence-corrected chi connectivity index (χ4v) is 3.85. The van der Waals surface area contributed by atoms with Crippen molar-refractivity contribution in [3.8, 4) is 17.1 Å². The zero-order valence-corrected chi connectivity index (χ0v) is 18.9. The zero-order chi connectivity index (χ0) is 23.2. The third-order valence-electron chi connectivity index (χ3n) is 5.64. The molecule has 0 radical (unpaired) electrons. The number of hydrogen-bond acceptors (Lipinski definition) is 6. The monoisotopic (exact) mass is 448 g/mol. The summed E-state index contributed by atoms with van der Waals surface area (Å²) in [6, 6.07) is 15.0. The molecule has 0 aliphatic carbocycles. The van der Waals surface area contributed by atoms with Gasteiger partial charge >= 0.3 is 0 Å². The molecular formula is C25H28N4O4. The van der Waals surface area contributed by atoms with Crippen molar-refractivity contribution >= 4 is 17.5 Å². The first kappa shape index (κ1) is 22.5. The van der Waals surface area contributed by atoms with Gasteiger partial charge in [-0.15, -0.1) is 0 Å². The number of aromatic nitrogens is 2. The van der Waals surface area contributed by atoms with Crippen molar-refractivity contribution in [1.29, 1.82) is 0 Å². The van der Waals surface area contributed by atoms with E-state index in [1.807, 2.05) is 55.5 Å². The number of nitrogens with zero attached hydrogens (tertiary/aromatic N) is 3. The highest BCUT2D eigenvalue weighted by Gasteiger charge is 2.29. The van der Waals surface area contributed by atoms with Crippen LogP contribution in [0.15, 0.2) is 53.1 Å². The summed E-state index contributed by atoms with van der Waals surface area (Å²) in [6.07, 6.45) is 2.14. The molecule has 2 heterocycles. The van der Waals surface area contributed by atoms with Crippen LogP contribution in [0.3, 0.4) is 0 Å². The van der Waals surface area contributed by atoms with Gasteiger partial charge in [0.25, 0.3) is 5.91 Å². The standard InChI is InChI=1S/C25H28N4O4/c1-3-22(30)26-20-10-5-8-18(14-20)24-27-25(33-28-24)19-9-6-12-29(15-19)23(31)16-32-21-11-4-7-17(2)13-21/h4-5,7-8,10-11,13-14,19H,3,6,9,12,15-16H2,1-2H3,(H,26,30)/t19-/m1/s1. The van der Waals surface area contributed by atoms with Crippen molar-refractivity contribution in [1.82, 2.24) is 15.0 Å². The van der Waals surface area contributed by atoms with E-state index >= 15 is 0 Å². The lowest BCUT2D eigenvalue weighted by molar-refractivity contribution is -0.134. The van der Waals surface area contributed by atoms with E-state index in [1.165, 1.54) is 0 Å². The van der Waals surface area contributed by atoms with Crippen molar-refractivity contribution in [3.63, 3.8) is 0 Å². The summed E-state index contributed by atoms with van der Waals surface area (Å²) in [5.41, 5.74) is 2.53. The first-order valence-corrected chi connectivity index (χ1v) is 11.2. The average Bonchev–Trinajstić information content (AvgIpc) is 3.33. The second-order valence-electron chi connectivity index (χ2n) is 8.22. The summed E-state index contributed by atoms with van der Waals surface area (Å²) in [5.74, 6) is 1.54. The fraction of sp³-hybridized carbons (Fsp3) is 0.360. The lowest BCUT2D eigenvalue weighted by atomic mass is 9.98. The van der Waals surface area contributed by atoms with Crippen LogP contribution in [0.25, 0.3) is 11.4 Å². The van der Waals surface area contributed by atoms with Crippen LogP contribution in [-0.2, 0) is 9.59 Å². The molecule has 0 unspecified atom stereocenters. The highest BCUT2D eigenvalue weighted by molar-refractivity contribution is 5.91. The Hall–Kier alpha value is -3.68. The van der Waals surface area contributed by atoms with Gasteiger partial charge in [0, 0.05) is 30.8 Å². The molecule has 8 nitrogen and oxygen atoms in total. The Morgan fingerprint density at radius 3 is 2.88 bits per heavy atom. The van der Waals surface area contributed by atoms with Crippen molar-refractivity contribution in [2.24, 2.45) is 0 Å². The van der Waals surface area contributed by atoms with E-state index in [-0.39, 0.29) is 24.3 Å². The van der Waals surface area contributed by atoms with Gasteiger partial charge in [0.05, 0.1) is 5.92 Å². The Kier molecular flexibility index (Phi) is 7.02. The summed E-state index contributed by atoms with van der Waals surface area (Å²) < 4.78 is 11.2. The minimum Gasteiger partial charge on any atom is -0.484 e. The summed E-state index contributed by atoms with van der Waals surface area (Å²) >= 11 is 0. The number of piperidine rings is 1. The summed E-state index contributed by atoms with van der Waals surface area (Å²) in [5, 5.41) is 6.97. The molecule has 1 atom stereocenters. The largest absolute Gasteiger partial charge is 0.484 e. The number of carbonyl (C=O) groups excluding carboxylic acids is 2. The molecular weight excluding hydrogens is 420 g/mol. The molecule has 33 heavy (non-hydrogen) atoms. The zero-order valence-electron chi connectivity index (χ0n) is 18.9. The van der Waals surface area contributed by atoms with Crippen molar-refractivity contribution in [3.05, 3.63) is 60.0 Å². The van der Waals surface area contributed by atoms with Gasteiger partial charge in [-0.25, -0.2) is 0 Å². The van der Waals surface area contributed by atoms with Gasteiger partial charge in [-0.2, -0.15) is 4.98 Å². The molecule has 2 aromatic carbocycles. The first-order valence-electron chi connectivity index (χ1n) is 11.2. The van der Waals surface area contributed by atoms with Crippen LogP contribution in [0.5, 0.6) is 5.75 Å². The molecule has 3 aromatic rings. The van der Waals surface area contributed by atoms with Gasteiger partial charge in [0.1, 0.15) is 5.75 Å². The van der Waals surface area contributed by atoms with Crippen molar-refractivity contribution in [2.75, 3.05) is 25.0 Å². The second-order valence-corrected chi connectivity index (χ2v) is 8.22. The Morgan fingerprint density at radius 2 is 2.06 bits per heavy atom. The summed E-state index contributed by atoms with van der Waals surface area (Å²) in [4.78, 5) is 30.8. The number of nitrogens with one attached hydrogen (secondary N) is 1. The maximum atomic E-state index is 12.7. The number of hydrogen-bond donors (Lipinski definition) is 1. The van der Waals surface area contributed by atoms with Crippen LogP contribution in [0, 0.1) is 6.92 Å². The number of carbonyl (C=O) groups is 2. The number of aryl methyl sites for hydroxylation is 1. The van der Waals surface area contributed by atoms with E-state index in [0.717, 1.165) is 24.0 Å². The van der Waals surface area contributed by atoms with Gasteiger partial charge in [0.15, 0.2) is 6.61 Å². The number of benzene rings is 2. The van der Waals surface area contributed by atoms with E-state index < -0.39 is 0 Å². The molecule has 2 amide bonds. The maximum Gasteiger partial charge on any atom is 0.260 e. The molecule has 1 aliphatic heterocycles. The second kappa shape index (κ2) is 10.3. The van der Waals surface area contributed by atoms with Gasteiger partial charge in [-0.3, -0.25) is 9.59 Å². The molecule has 0 spiro atoms. The van der Waals surface area contributed by atoms with Crippen LogP contribution in [0.2, 0.25) is 0 Å². The third-order valence-corrected chi connectivity index (χ3v) is 5.64. The molecule has 0 saturated carbocycles. The molecule has 1 fully saturated rings. The van der Waals surface area contributed by atoms with Gasteiger partial charge in [-0.1, -0.05) is 36.3 Å². The Bertz CT molecular complexity index is 1130. The van der Waals surface area contributed by atoms with Crippen LogP contribution in [0.4, 0.5) is 5.69 Å². The Balaban J connectivity index is 1.38. The first-order chi connectivity index (χ1) is 16.0. The molecule has 172 valence electrons. The quantitative estimate of drug-likeness (QED) is 0.582. The predicted molar refractivity (Wildman–Crippen MR) is 124 cm³/mol. The van der Waals surface area contributed by atoms with Gasteiger partial charge in [-0.05, 0) is 49.6 Å². The van der Waals surface area contributed by atoms with Crippen molar-refractivity contribution in [2.45, 2.75) is 39.0 Å². The minimum absolute atomic E-state index is 0.00152. The number of ether oxygens (including phenoxy) is 1. The summed E-state index contributed by atoms with van der Waals surface area (Å²) in [6.45, 7) is 5.00. The van der Waals surface area contributed by atoms with Crippen LogP contribution < -0.4 is 10.1 Å². The summed E-state index contributed by atoms with van der Waals surface area (Å²) in [7, 11) is 0. The Morgan fingerprint density at radius 1 is 1.21 bits per heavy atom. The molecule has 8 heteroatoms. The smallest absolute Gasteiger partial charge is 0.260 e. The molecule has 1 saturated heterocycles. The van der Waals surface area contributed by atoms with E-state index in [2.05, 4.69) is 15.5 Å². The van der Waals surface area contributed by atoms with Crippen LogP contribution >= 0.6 is 0 Å². The van der Waals surface area contributed by atoms with Crippen LogP contribution in [-0.4, -0.2) is 46.6 Å². The molecule has 1 N–H and O–H groups in total. The fourth-order valence-electron chi connectivity index (χ4n) is 3.85. The third kappa shape index (κ3) is 5.77. The van der Waals surface area contributed by atoms with Gasteiger partial charge in [0.2, 0.25) is 17.6 Å². The van der Waals surface area contributed by atoms with Crippen molar-refractivity contribution < 1.29 is 18.8 Å². The van der Waals surface area contributed by atoms with Gasteiger partial charge < -0.3 is 19.5 Å². The topological polar surface area (TPSA) is 97.6 Å². The SMILES string of the molecule is CCC(=O)Nc1cccc(-c2noc([C@@H]3CCCN(C(=O)COc4cccc(C)c4)C3)n2)c1. The lowest BCUT2D eigenvalue weighted by Gasteiger charge is -2.31. The van der Waals surface area contributed by atoms with E-state index in [4.69, 9.17) is 9.26 Å². The molecule has 1 aromatic heterocycles. The normalized spacial score (nSPS) is 15.8. The number of likely N-dealkylation sites (tertiary alicyclic amines) is 1. The van der Waals surface area contributed by atoms with E-state index in [9.17, 15) is 9.59 Å². The molecule has 4 rings (SSSR count). The van der Waals surface area contributed by atoms with E-state index in [0.29, 0.717) is 42.7 Å². The number of rotatable bonds is 7. The number of anilines is 1. The average molecular weight is 449 g/mol. The Labute approximate surface area is 192 Å². The minimum atomic E-state index is -0.0562. The van der Waals surface area contributed by atoms with Crippen LogP contribution in [0.1, 0.15) is 43.6 Å². The molecule has 0 bridgehead atoms. The van der Waals surface area contributed by atoms with E-state index in [1.54, 1.807) is 11.8 Å². The number of amides is 2. The highest BCUT2D eigenvalue weighted by atomic mass is 16.5. The molecule has 1 aliphatic rings. The lowest BCUT2D eigenvalue weighted by Crippen LogP contribution is -2.41. The highest BCUT2D eigenvalue weighted by Crippen LogP contribution is 2.28.